The predicted molar refractivity (Wildman–Crippen MR) is 82.6 cm³/mol. The third-order valence-electron chi connectivity index (χ3n) is 4.47. The highest BCUT2D eigenvalue weighted by molar-refractivity contribution is 5.87. The van der Waals surface area contributed by atoms with Crippen molar-refractivity contribution in [3.63, 3.8) is 0 Å². The Morgan fingerprint density at radius 2 is 1.53 bits per heavy atom. The third kappa shape index (κ3) is 3.26. The molecule has 0 bridgehead atoms. The highest BCUT2D eigenvalue weighted by Crippen LogP contribution is 2.36. The van der Waals surface area contributed by atoms with Gasteiger partial charge in [-0.15, -0.1) is 0 Å². The summed E-state index contributed by atoms with van der Waals surface area (Å²) < 4.78 is 0. The van der Waals surface area contributed by atoms with E-state index in [2.05, 4.69) is 52.8 Å². The van der Waals surface area contributed by atoms with Crippen molar-refractivity contribution < 1.29 is 4.79 Å². The fraction of sp³-hybridized carbons (Fsp3) is 0.611. The number of aryl methyl sites for hydroxylation is 2. The van der Waals surface area contributed by atoms with Crippen LogP contribution in [0.15, 0.2) is 18.2 Å². The SMILES string of the molecule is Cc1ccc(C(C)(C)C(C)C(=O)C(C)(C)C)cc1C. The summed E-state index contributed by atoms with van der Waals surface area (Å²) in [5.74, 6) is 0.338. The van der Waals surface area contributed by atoms with Crippen LogP contribution in [0, 0.1) is 25.2 Å². The Kier molecular flexibility index (Phi) is 4.29. The molecule has 0 saturated heterocycles. The standard InChI is InChI=1S/C18H28O/c1-12-9-10-15(11-13(12)2)18(7,8)14(3)16(19)17(4,5)6/h9-11,14H,1-8H3. The first-order chi connectivity index (χ1) is 8.48. The Hall–Kier alpha value is -1.11. The van der Waals surface area contributed by atoms with Crippen molar-refractivity contribution in [2.75, 3.05) is 0 Å². The number of carbonyl (C=O) groups is 1. The number of Topliss-reactive ketones (excluding diaryl/α,β-unsaturated/α-hetero) is 1. The van der Waals surface area contributed by atoms with Crippen LogP contribution in [0.3, 0.4) is 0 Å². The number of carbonyl (C=O) groups excluding carboxylic acids is 1. The fourth-order valence-electron chi connectivity index (χ4n) is 2.37. The molecule has 0 aromatic heterocycles. The van der Waals surface area contributed by atoms with Crippen LogP contribution in [-0.2, 0) is 10.2 Å². The van der Waals surface area contributed by atoms with Gasteiger partial charge in [-0.25, -0.2) is 0 Å². The highest BCUT2D eigenvalue weighted by Gasteiger charge is 2.37. The summed E-state index contributed by atoms with van der Waals surface area (Å²) in [7, 11) is 0. The molecule has 0 saturated carbocycles. The van der Waals surface area contributed by atoms with Crippen LogP contribution in [0.25, 0.3) is 0 Å². The zero-order valence-corrected chi connectivity index (χ0v) is 13.7. The van der Waals surface area contributed by atoms with E-state index in [4.69, 9.17) is 0 Å². The first kappa shape index (κ1) is 15.9. The molecule has 0 radical (unpaired) electrons. The molecule has 1 nitrogen and oxygen atoms in total. The molecular weight excluding hydrogens is 232 g/mol. The molecule has 1 aromatic rings. The molecule has 0 heterocycles. The van der Waals surface area contributed by atoms with E-state index in [1.807, 2.05) is 20.8 Å². The molecule has 0 N–H and O–H groups in total. The van der Waals surface area contributed by atoms with E-state index in [1.165, 1.54) is 16.7 Å². The summed E-state index contributed by atoms with van der Waals surface area (Å²) in [5.41, 5.74) is 3.43. The van der Waals surface area contributed by atoms with Gasteiger partial charge in [-0.2, -0.15) is 0 Å². The summed E-state index contributed by atoms with van der Waals surface area (Å²) in [6.07, 6.45) is 0. The van der Waals surface area contributed by atoms with Gasteiger partial charge in [-0.1, -0.05) is 59.7 Å². The smallest absolute Gasteiger partial charge is 0.141 e. The number of benzene rings is 1. The zero-order chi connectivity index (χ0) is 15.0. The third-order valence-corrected chi connectivity index (χ3v) is 4.47. The predicted octanol–water partition coefficient (Wildman–Crippen LogP) is 4.83. The van der Waals surface area contributed by atoms with Crippen LogP contribution in [0.4, 0.5) is 0 Å². The minimum absolute atomic E-state index is 0.00889. The minimum Gasteiger partial charge on any atom is -0.299 e. The first-order valence-electron chi connectivity index (χ1n) is 7.10. The van der Waals surface area contributed by atoms with Gasteiger partial charge in [-0.3, -0.25) is 4.79 Å². The van der Waals surface area contributed by atoms with Crippen LogP contribution in [0.1, 0.15) is 58.2 Å². The van der Waals surface area contributed by atoms with Crippen molar-refractivity contribution in [2.24, 2.45) is 11.3 Å². The number of hydrogen-bond acceptors (Lipinski definition) is 1. The van der Waals surface area contributed by atoms with E-state index in [-0.39, 0.29) is 16.7 Å². The lowest BCUT2D eigenvalue weighted by Crippen LogP contribution is -2.38. The van der Waals surface area contributed by atoms with Gasteiger partial charge in [0, 0.05) is 11.3 Å². The molecule has 1 heteroatoms. The Bertz CT molecular complexity index is 475. The van der Waals surface area contributed by atoms with Gasteiger partial charge >= 0.3 is 0 Å². The second-order valence-corrected chi connectivity index (χ2v) is 7.36. The monoisotopic (exact) mass is 260 g/mol. The van der Waals surface area contributed by atoms with Gasteiger partial charge in [-0.05, 0) is 36.0 Å². The highest BCUT2D eigenvalue weighted by atomic mass is 16.1. The average molecular weight is 260 g/mol. The molecular formula is C18H28O. The van der Waals surface area contributed by atoms with Crippen LogP contribution in [0.5, 0.6) is 0 Å². The van der Waals surface area contributed by atoms with Gasteiger partial charge in [0.15, 0.2) is 0 Å². The maximum absolute atomic E-state index is 12.5. The molecule has 0 spiro atoms. The molecule has 1 aromatic carbocycles. The van der Waals surface area contributed by atoms with E-state index in [0.29, 0.717) is 5.78 Å². The Balaban J connectivity index is 3.16. The second-order valence-electron chi connectivity index (χ2n) is 7.36. The van der Waals surface area contributed by atoms with Crippen molar-refractivity contribution >= 4 is 5.78 Å². The molecule has 19 heavy (non-hydrogen) atoms. The Labute approximate surface area is 118 Å². The van der Waals surface area contributed by atoms with Crippen molar-refractivity contribution in [3.05, 3.63) is 34.9 Å². The van der Waals surface area contributed by atoms with Gasteiger partial charge in [0.1, 0.15) is 5.78 Å². The summed E-state index contributed by atoms with van der Waals surface area (Å²) in [6.45, 7) is 16.7. The maximum atomic E-state index is 12.5. The Morgan fingerprint density at radius 1 is 1.00 bits per heavy atom. The Morgan fingerprint density at radius 3 is 1.95 bits per heavy atom. The van der Waals surface area contributed by atoms with E-state index < -0.39 is 0 Å². The van der Waals surface area contributed by atoms with Crippen LogP contribution < -0.4 is 0 Å². The summed E-state index contributed by atoms with van der Waals surface area (Å²) in [4.78, 5) is 12.5. The van der Waals surface area contributed by atoms with E-state index >= 15 is 0 Å². The topological polar surface area (TPSA) is 17.1 Å². The molecule has 0 fully saturated rings. The van der Waals surface area contributed by atoms with E-state index in [9.17, 15) is 4.79 Å². The van der Waals surface area contributed by atoms with Crippen LogP contribution in [0.2, 0.25) is 0 Å². The molecule has 0 aliphatic carbocycles. The van der Waals surface area contributed by atoms with Gasteiger partial charge in [0.2, 0.25) is 0 Å². The number of rotatable bonds is 3. The van der Waals surface area contributed by atoms with Crippen molar-refractivity contribution in [1.82, 2.24) is 0 Å². The molecule has 1 unspecified atom stereocenters. The number of ketones is 1. The van der Waals surface area contributed by atoms with Crippen molar-refractivity contribution in [3.8, 4) is 0 Å². The summed E-state index contributed by atoms with van der Waals surface area (Å²) >= 11 is 0. The molecule has 1 rings (SSSR count). The lowest BCUT2D eigenvalue weighted by atomic mass is 9.67. The molecule has 0 aliphatic heterocycles. The second kappa shape index (κ2) is 5.11. The quantitative estimate of drug-likeness (QED) is 0.760. The van der Waals surface area contributed by atoms with Gasteiger partial charge in [0.05, 0.1) is 0 Å². The lowest BCUT2D eigenvalue weighted by Gasteiger charge is -2.35. The zero-order valence-electron chi connectivity index (χ0n) is 13.7. The van der Waals surface area contributed by atoms with Crippen LogP contribution >= 0.6 is 0 Å². The average Bonchev–Trinajstić information content (AvgIpc) is 2.29. The maximum Gasteiger partial charge on any atom is 0.141 e. The molecule has 1 atom stereocenters. The van der Waals surface area contributed by atoms with Crippen molar-refractivity contribution in [1.29, 1.82) is 0 Å². The van der Waals surface area contributed by atoms with Gasteiger partial charge in [0.25, 0.3) is 0 Å². The van der Waals surface area contributed by atoms with Crippen LogP contribution in [-0.4, -0.2) is 5.78 Å². The largest absolute Gasteiger partial charge is 0.299 e. The minimum atomic E-state index is -0.281. The van der Waals surface area contributed by atoms with E-state index in [1.54, 1.807) is 0 Å². The summed E-state index contributed by atoms with van der Waals surface area (Å²) in [6, 6.07) is 6.54. The fourth-order valence-corrected chi connectivity index (χ4v) is 2.37. The van der Waals surface area contributed by atoms with Gasteiger partial charge < -0.3 is 0 Å². The number of hydrogen-bond donors (Lipinski definition) is 0. The first-order valence-corrected chi connectivity index (χ1v) is 7.10. The molecule has 106 valence electrons. The normalized spacial score (nSPS) is 14.3. The summed E-state index contributed by atoms with van der Waals surface area (Å²) in [5, 5.41) is 0. The lowest BCUT2D eigenvalue weighted by molar-refractivity contribution is -0.131. The molecule has 0 aliphatic rings. The molecule has 0 amide bonds. The van der Waals surface area contributed by atoms with E-state index in [0.717, 1.165) is 0 Å². The van der Waals surface area contributed by atoms with Crippen molar-refractivity contribution in [2.45, 2.75) is 60.8 Å².